The van der Waals surface area contributed by atoms with E-state index in [0.29, 0.717) is 15.6 Å². The molecule has 16 heteroatoms. The molecule has 2 aliphatic heterocycles. The van der Waals surface area contributed by atoms with E-state index in [-0.39, 0.29) is 36.0 Å². The lowest BCUT2D eigenvalue weighted by molar-refractivity contribution is -0.155. The molecule has 47 heavy (non-hydrogen) atoms. The van der Waals surface area contributed by atoms with Crippen LogP contribution in [0.3, 0.4) is 0 Å². The second-order valence-corrected chi connectivity index (χ2v) is 12.6. The molecule has 5 rings (SSSR count). The van der Waals surface area contributed by atoms with Gasteiger partial charge in [0.1, 0.15) is 56.1 Å². The first-order valence-corrected chi connectivity index (χ1v) is 15.3. The van der Waals surface area contributed by atoms with Gasteiger partial charge in [0, 0.05) is 21.2 Å². The Hall–Kier alpha value is -2.89. The van der Waals surface area contributed by atoms with Crippen molar-refractivity contribution in [3.05, 3.63) is 69.0 Å². The third-order valence-corrected chi connectivity index (χ3v) is 8.91. The number of nitrogens with one attached hydrogen (secondary N) is 1. The van der Waals surface area contributed by atoms with E-state index in [0.717, 1.165) is 6.07 Å². The Morgan fingerprint density at radius 3 is 2.47 bits per heavy atom. The third-order valence-electron chi connectivity index (χ3n) is 8.32. The summed E-state index contributed by atoms with van der Waals surface area (Å²) in [5.41, 5.74) is -0.820. The average molecular weight is 702 g/mol. The van der Waals surface area contributed by atoms with Crippen molar-refractivity contribution < 1.29 is 58.5 Å². The minimum Gasteiger partial charge on any atom is -0.459 e. The predicted molar refractivity (Wildman–Crippen MR) is 165 cm³/mol. The second-order valence-electron chi connectivity index (χ2n) is 11.8. The molecule has 2 aromatic carbocycles. The van der Waals surface area contributed by atoms with Crippen LogP contribution in [0.15, 0.2) is 47.1 Å². The van der Waals surface area contributed by atoms with Gasteiger partial charge in [-0.05, 0) is 56.7 Å². The molecule has 0 spiro atoms. The van der Waals surface area contributed by atoms with Crippen LogP contribution in [0.2, 0.25) is 10.0 Å². The molecule has 2 aromatic rings. The van der Waals surface area contributed by atoms with Crippen LogP contribution in [-0.4, -0.2) is 105 Å². The first-order valence-electron chi connectivity index (χ1n) is 14.6. The third kappa shape index (κ3) is 7.42. The summed E-state index contributed by atoms with van der Waals surface area (Å²) in [6, 6.07) is 7.40. The van der Waals surface area contributed by atoms with Crippen LogP contribution in [0.25, 0.3) is 6.08 Å². The molecule has 3 fully saturated rings. The molecule has 3 aliphatic rings. The van der Waals surface area contributed by atoms with E-state index in [1.54, 1.807) is 18.2 Å². The Kier molecular flexibility index (Phi) is 10.8. The van der Waals surface area contributed by atoms with Crippen LogP contribution < -0.4 is 10.1 Å². The highest BCUT2D eigenvalue weighted by atomic mass is 35.5. The number of amides is 1. The number of oxime groups is 1. The normalized spacial score (nSPS) is 34.2. The molecule has 6 N–H and O–H groups in total. The molecule has 0 unspecified atom stereocenters. The van der Waals surface area contributed by atoms with Gasteiger partial charge in [-0.15, -0.1) is 0 Å². The second kappa shape index (κ2) is 14.3. The zero-order valence-electron chi connectivity index (χ0n) is 25.4. The van der Waals surface area contributed by atoms with Crippen LogP contribution in [-0.2, 0) is 30.4 Å². The summed E-state index contributed by atoms with van der Waals surface area (Å²) >= 11 is 12.0. The fraction of sp³-hybridized carbons (Fsp3) is 0.484. The monoisotopic (exact) mass is 700 g/mol. The average Bonchev–Trinajstić information content (AvgIpc) is 3.60. The van der Waals surface area contributed by atoms with Crippen molar-refractivity contribution in [2.75, 3.05) is 6.79 Å². The summed E-state index contributed by atoms with van der Waals surface area (Å²) in [6.45, 7) is 4.06. The van der Waals surface area contributed by atoms with Crippen molar-refractivity contribution in [3.63, 3.8) is 0 Å². The van der Waals surface area contributed by atoms with Gasteiger partial charge in [-0.3, -0.25) is 4.79 Å². The van der Waals surface area contributed by atoms with Crippen molar-refractivity contribution in [2.45, 2.75) is 88.0 Å². The number of carbonyl (C=O) groups excluding carboxylic acids is 1. The minimum absolute atomic E-state index is 0.00148. The zero-order valence-corrected chi connectivity index (χ0v) is 26.9. The molecule has 1 amide bonds. The number of benzene rings is 2. The molecule has 1 aliphatic carbocycles. The van der Waals surface area contributed by atoms with E-state index in [9.17, 15) is 30.3 Å². The molecule has 0 radical (unpaired) electrons. The number of fused-ring (bicyclic) bond motifs is 1. The Bertz CT molecular complexity index is 1540. The Labute approximate surface area is 279 Å². The summed E-state index contributed by atoms with van der Waals surface area (Å²) in [7, 11) is 0. The van der Waals surface area contributed by atoms with Crippen molar-refractivity contribution >= 4 is 40.9 Å². The molecule has 256 valence electrons. The predicted octanol–water partition coefficient (Wildman–Crippen LogP) is 1.67. The van der Waals surface area contributed by atoms with Gasteiger partial charge in [-0.25, -0.2) is 4.39 Å². The minimum atomic E-state index is -1.97. The topological polar surface area (TPSA) is 189 Å². The smallest absolute Gasteiger partial charge is 0.247 e. The number of aliphatic hydroxyl groups excluding tert-OH is 4. The molecule has 10 atom stereocenters. The van der Waals surface area contributed by atoms with Gasteiger partial charge in [0.25, 0.3) is 0 Å². The SMILES string of the molecule is C/C(=N/OCc1ccc(Cl)cc1Cl)[C@H]1O[C@@H](Oc2ccc(/C=C(\C)C(=O)N[C@@H]3[C@H](O)[C@@H](O)[C@H]4OCO[C@H]4[C@@H]3O)cc2F)[C@@](C)(O)[C@@H]1O. The van der Waals surface area contributed by atoms with Gasteiger partial charge in [0.2, 0.25) is 12.2 Å². The van der Waals surface area contributed by atoms with Gasteiger partial charge in [0.15, 0.2) is 17.2 Å². The Balaban J connectivity index is 1.21. The van der Waals surface area contributed by atoms with E-state index >= 15 is 4.39 Å². The number of nitrogens with zero attached hydrogens (tertiary/aromatic N) is 1. The first kappa shape index (κ1) is 35.4. The number of ether oxygens (including phenoxy) is 4. The molecule has 2 saturated heterocycles. The summed E-state index contributed by atoms with van der Waals surface area (Å²) < 4.78 is 37.0. The lowest BCUT2D eigenvalue weighted by Gasteiger charge is -2.41. The summed E-state index contributed by atoms with van der Waals surface area (Å²) in [5, 5.41) is 60.4. The first-order chi connectivity index (χ1) is 22.2. The fourth-order valence-corrected chi connectivity index (χ4v) is 5.98. The maximum atomic E-state index is 15.2. The van der Waals surface area contributed by atoms with Crippen molar-refractivity contribution in [1.29, 1.82) is 0 Å². The van der Waals surface area contributed by atoms with Crippen LogP contribution >= 0.6 is 23.2 Å². The van der Waals surface area contributed by atoms with E-state index < -0.39 is 72.4 Å². The maximum absolute atomic E-state index is 15.2. The van der Waals surface area contributed by atoms with Crippen molar-refractivity contribution in [1.82, 2.24) is 5.32 Å². The lowest BCUT2D eigenvalue weighted by Crippen LogP contribution is -2.67. The number of hydrogen-bond acceptors (Lipinski definition) is 12. The molecule has 0 aromatic heterocycles. The molecular formula is C31H35Cl2FN2O11. The maximum Gasteiger partial charge on any atom is 0.247 e. The van der Waals surface area contributed by atoms with Crippen LogP contribution in [0.5, 0.6) is 5.75 Å². The van der Waals surface area contributed by atoms with E-state index in [1.807, 2.05) is 0 Å². The van der Waals surface area contributed by atoms with Gasteiger partial charge in [-0.2, -0.15) is 0 Å². The standard InChI is InChI=1S/C31H35Cl2FN2O11/c1-13(29(41)35-21-22(37)24(39)27-26(23(21)38)43-12-44-27)8-15-4-7-20(19(34)9-15)46-30-31(3,42)28(40)25(47-30)14(2)36-45-11-16-5-6-17(32)10-18(16)33/h4-10,21-28,30,37-40,42H,11-12H2,1-3H3,(H,35,41)/b13-8+,36-14-/t21-,22+,23-,24-,25-,26+,27-,28-,30-,31+/m1/s1. The molecule has 13 nitrogen and oxygen atoms in total. The fourth-order valence-electron chi connectivity index (χ4n) is 5.51. The number of carbonyl (C=O) groups is 1. The van der Waals surface area contributed by atoms with Crippen molar-refractivity contribution in [2.24, 2.45) is 5.16 Å². The van der Waals surface area contributed by atoms with Gasteiger partial charge in [0.05, 0.1) is 11.8 Å². The van der Waals surface area contributed by atoms with E-state index in [4.69, 9.17) is 47.0 Å². The van der Waals surface area contributed by atoms with E-state index in [1.165, 1.54) is 39.0 Å². The molecular weight excluding hydrogens is 666 g/mol. The quantitative estimate of drug-likeness (QED) is 0.127. The van der Waals surface area contributed by atoms with Gasteiger partial charge in [-0.1, -0.05) is 40.5 Å². The Morgan fingerprint density at radius 2 is 1.79 bits per heavy atom. The van der Waals surface area contributed by atoms with Crippen LogP contribution in [0.1, 0.15) is 31.9 Å². The van der Waals surface area contributed by atoms with Gasteiger partial charge < -0.3 is 54.6 Å². The van der Waals surface area contributed by atoms with Crippen LogP contribution in [0, 0.1) is 5.82 Å². The van der Waals surface area contributed by atoms with Gasteiger partial charge >= 0.3 is 0 Å². The highest BCUT2D eigenvalue weighted by Gasteiger charge is 2.55. The van der Waals surface area contributed by atoms with Crippen molar-refractivity contribution in [3.8, 4) is 5.75 Å². The highest BCUT2D eigenvalue weighted by Crippen LogP contribution is 2.35. The summed E-state index contributed by atoms with van der Waals surface area (Å²) in [6.07, 6.45) is -8.94. The molecule has 2 heterocycles. The number of aliphatic hydroxyl groups is 5. The van der Waals surface area contributed by atoms with Crippen LogP contribution in [0.4, 0.5) is 4.39 Å². The molecule has 1 saturated carbocycles. The largest absolute Gasteiger partial charge is 0.459 e. The van der Waals surface area contributed by atoms with E-state index in [2.05, 4.69) is 10.5 Å². The number of halogens is 3. The number of rotatable bonds is 9. The number of hydrogen-bond donors (Lipinski definition) is 6. The zero-order chi connectivity index (χ0) is 34.2. The molecule has 0 bridgehead atoms. The Morgan fingerprint density at radius 1 is 1.09 bits per heavy atom. The lowest BCUT2D eigenvalue weighted by atomic mass is 9.83. The summed E-state index contributed by atoms with van der Waals surface area (Å²) in [4.78, 5) is 18.2. The summed E-state index contributed by atoms with van der Waals surface area (Å²) in [5.74, 6) is -1.85. The highest BCUT2D eigenvalue weighted by molar-refractivity contribution is 6.35.